The first-order valence-corrected chi connectivity index (χ1v) is 9.42. The summed E-state index contributed by atoms with van der Waals surface area (Å²) in [4.78, 5) is 12.0. The average molecular weight is 437 g/mol. The minimum Gasteiger partial charge on any atom is -0.469 e. The molecule has 0 amide bonds. The molecular formula is C21H17BrN4O2. The van der Waals surface area contributed by atoms with E-state index in [4.69, 9.17) is 15.1 Å². The van der Waals surface area contributed by atoms with Gasteiger partial charge in [-0.1, -0.05) is 28.9 Å². The fourth-order valence-corrected chi connectivity index (χ4v) is 3.51. The minimum atomic E-state index is -0.312. The topological polar surface area (TPSA) is 89.5 Å². The van der Waals surface area contributed by atoms with E-state index < -0.39 is 0 Å². The van der Waals surface area contributed by atoms with Gasteiger partial charge in [-0.05, 0) is 42.0 Å². The zero-order chi connectivity index (χ0) is 20.3. The van der Waals surface area contributed by atoms with Crippen molar-refractivity contribution in [2.24, 2.45) is 11.0 Å². The van der Waals surface area contributed by atoms with Crippen LogP contribution < -0.4 is 5.01 Å². The van der Waals surface area contributed by atoms with E-state index in [0.29, 0.717) is 11.1 Å². The SMILES string of the molecule is COC(=O)C[C@H]1[C@H](C)C(c2ccc(C#N)c(C#N)c2)=NN1c1ccc(Br)cc1. The first-order valence-electron chi connectivity index (χ1n) is 8.63. The predicted molar refractivity (Wildman–Crippen MR) is 109 cm³/mol. The van der Waals surface area contributed by atoms with Gasteiger partial charge in [0.05, 0.1) is 42.1 Å². The number of hydrogen-bond acceptors (Lipinski definition) is 6. The zero-order valence-electron chi connectivity index (χ0n) is 15.4. The summed E-state index contributed by atoms with van der Waals surface area (Å²) >= 11 is 3.43. The summed E-state index contributed by atoms with van der Waals surface area (Å²) in [6, 6.07) is 16.6. The number of rotatable bonds is 4. The highest BCUT2D eigenvalue weighted by Crippen LogP contribution is 2.33. The van der Waals surface area contributed by atoms with Gasteiger partial charge >= 0.3 is 5.97 Å². The van der Waals surface area contributed by atoms with Crippen LogP contribution in [-0.2, 0) is 9.53 Å². The highest BCUT2D eigenvalue weighted by molar-refractivity contribution is 9.10. The molecule has 140 valence electrons. The third kappa shape index (κ3) is 3.76. The van der Waals surface area contributed by atoms with Crippen molar-refractivity contribution in [1.82, 2.24) is 0 Å². The molecule has 0 N–H and O–H groups in total. The summed E-state index contributed by atoms with van der Waals surface area (Å²) in [6.07, 6.45) is 0.183. The number of carbonyl (C=O) groups is 1. The van der Waals surface area contributed by atoms with Crippen LogP contribution in [0.2, 0.25) is 0 Å². The van der Waals surface area contributed by atoms with Gasteiger partial charge in [-0.2, -0.15) is 15.6 Å². The number of esters is 1. The monoisotopic (exact) mass is 436 g/mol. The van der Waals surface area contributed by atoms with Crippen molar-refractivity contribution in [3.63, 3.8) is 0 Å². The molecule has 2 atom stereocenters. The molecule has 1 aliphatic heterocycles. The van der Waals surface area contributed by atoms with E-state index in [1.54, 1.807) is 18.2 Å². The second-order valence-corrected chi connectivity index (χ2v) is 7.34. The van der Waals surface area contributed by atoms with Gasteiger partial charge in [-0.3, -0.25) is 9.80 Å². The largest absolute Gasteiger partial charge is 0.469 e. The van der Waals surface area contributed by atoms with Gasteiger partial charge in [0.2, 0.25) is 0 Å². The van der Waals surface area contributed by atoms with Crippen LogP contribution in [-0.4, -0.2) is 24.8 Å². The molecule has 0 unspecified atom stereocenters. The smallest absolute Gasteiger partial charge is 0.307 e. The van der Waals surface area contributed by atoms with Crippen LogP contribution in [0.25, 0.3) is 0 Å². The molecule has 3 rings (SSSR count). The van der Waals surface area contributed by atoms with E-state index in [1.807, 2.05) is 42.3 Å². The molecule has 1 aliphatic rings. The van der Waals surface area contributed by atoms with Gasteiger partial charge in [0.25, 0.3) is 0 Å². The number of carbonyl (C=O) groups excluding carboxylic acids is 1. The molecule has 0 aliphatic carbocycles. The Bertz CT molecular complexity index is 1020. The summed E-state index contributed by atoms with van der Waals surface area (Å²) < 4.78 is 5.82. The lowest BCUT2D eigenvalue weighted by molar-refractivity contribution is -0.141. The summed E-state index contributed by atoms with van der Waals surface area (Å²) in [7, 11) is 1.37. The molecule has 0 saturated carbocycles. The standard InChI is InChI=1S/C21H17BrN4O2/c1-13-19(10-20(27)28-2)26(18-7-5-17(22)6-8-18)25-21(13)14-3-4-15(11-23)16(9-14)12-24/h3-9,13,19H,10H2,1-2H3/t13-,19-/m0/s1. The number of halogens is 1. The Labute approximate surface area is 171 Å². The van der Waals surface area contributed by atoms with Gasteiger partial charge in [-0.25, -0.2) is 0 Å². The Morgan fingerprint density at radius 3 is 2.46 bits per heavy atom. The van der Waals surface area contributed by atoms with Crippen LogP contribution in [0.15, 0.2) is 52.0 Å². The average Bonchev–Trinajstić information content (AvgIpc) is 3.04. The number of hydrogen-bond donors (Lipinski definition) is 0. The lowest BCUT2D eigenvalue weighted by Crippen LogP contribution is -2.34. The maximum Gasteiger partial charge on any atom is 0.307 e. The number of benzene rings is 2. The van der Waals surface area contributed by atoms with Gasteiger partial charge < -0.3 is 4.74 Å². The van der Waals surface area contributed by atoms with Crippen LogP contribution in [0.5, 0.6) is 0 Å². The van der Waals surface area contributed by atoms with Crippen LogP contribution in [0.3, 0.4) is 0 Å². The normalized spacial score (nSPS) is 18.2. The summed E-state index contributed by atoms with van der Waals surface area (Å²) in [5.41, 5.74) is 3.01. The van der Waals surface area contributed by atoms with Crippen molar-refractivity contribution >= 4 is 33.3 Å². The Kier molecular flexibility index (Phi) is 5.77. The van der Waals surface area contributed by atoms with Crippen LogP contribution in [0.4, 0.5) is 5.69 Å². The van der Waals surface area contributed by atoms with Gasteiger partial charge in [0, 0.05) is 10.4 Å². The fraction of sp³-hybridized carbons (Fsp3) is 0.238. The van der Waals surface area contributed by atoms with Crippen molar-refractivity contribution in [3.8, 4) is 12.1 Å². The number of nitriles is 2. The molecular weight excluding hydrogens is 420 g/mol. The summed E-state index contributed by atoms with van der Waals surface area (Å²) in [5.74, 6) is -0.393. The van der Waals surface area contributed by atoms with Crippen molar-refractivity contribution in [2.45, 2.75) is 19.4 Å². The van der Waals surface area contributed by atoms with E-state index in [0.717, 1.165) is 21.4 Å². The number of hydrazone groups is 1. The molecule has 2 aromatic carbocycles. The fourth-order valence-electron chi connectivity index (χ4n) is 3.25. The minimum absolute atomic E-state index is 0.0813. The van der Waals surface area contributed by atoms with E-state index in [1.165, 1.54) is 7.11 Å². The van der Waals surface area contributed by atoms with Crippen molar-refractivity contribution in [1.29, 1.82) is 10.5 Å². The highest BCUT2D eigenvalue weighted by atomic mass is 79.9. The van der Waals surface area contributed by atoms with Gasteiger partial charge in [-0.15, -0.1) is 0 Å². The number of nitrogens with zero attached hydrogens (tertiary/aromatic N) is 4. The Hall–Kier alpha value is -3.16. The first-order chi connectivity index (χ1) is 13.5. The van der Waals surface area contributed by atoms with Crippen molar-refractivity contribution < 1.29 is 9.53 Å². The molecule has 0 aromatic heterocycles. The Morgan fingerprint density at radius 2 is 1.86 bits per heavy atom. The maximum atomic E-state index is 12.0. The number of ether oxygens (including phenoxy) is 1. The third-order valence-electron chi connectivity index (χ3n) is 4.79. The molecule has 0 spiro atoms. The molecule has 7 heteroatoms. The van der Waals surface area contributed by atoms with E-state index in [-0.39, 0.29) is 24.3 Å². The van der Waals surface area contributed by atoms with E-state index in [2.05, 4.69) is 22.0 Å². The maximum absolute atomic E-state index is 12.0. The Morgan fingerprint density at radius 1 is 1.18 bits per heavy atom. The second kappa shape index (κ2) is 8.24. The molecule has 2 aromatic rings. The second-order valence-electron chi connectivity index (χ2n) is 6.43. The number of anilines is 1. The van der Waals surface area contributed by atoms with Gasteiger partial charge in [0.15, 0.2) is 0 Å². The summed E-state index contributed by atoms with van der Waals surface area (Å²) in [5, 5.41) is 25.1. The van der Waals surface area contributed by atoms with Crippen LogP contribution in [0.1, 0.15) is 30.0 Å². The molecule has 6 nitrogen and oxygen atoms in total. The third-order valence-corrected chi connectivity index (χ3v) is 5.32. The molecule has 1 heterocycles. The predicted octanol–water partition coefficient (Wildman–Crippen LogP) is 3.98. The molecule has 0 fully saturated rings. The highest BCUT2D eigenvalue weighted by Gasteiger charge is 2.37. The van der Waals surface area contributed by atoms with Crippen LogP contribution in [0, 0.1) is 28.6 Å². The van der Waals surface area contributed by atoms with Crippen molar-refractivity contribution in [2.75, 3.05) is 12.1 Å². The zero-order valence-corrected chi connectivity index (χ0v) is 17.0. The number of methoxy groups -OCH3 is 1. The lowest BCUT2D eigenvalue weighted by atomic mass is 9.89. The Balaban J connectivity index is 2.05. The summed E-state index contributed by atoms with van der Waals surface area (Å²) in [6.45, 7) is 2.00. The van der Waals surface area contributed by atoms with E-state index in [9.17, 15) is 10.1 Å². The quantitative estimate of drug-likeness (QED) is 0.675. The van der Waals surface area contributed by atoms with Gasteiger partial charge in [0.1, 0.15) is 12.1 Å². The van der Waals surface area contributed by atoms with E-state index >= 15 is 0 Å². The molecule has 0 bridgehead atoms. The van der Waals surface area contributed by atoms with Crippen LogP contribution >= 0.6 is 15.9 Å². The molecule has 0 radical (unpaired) electrons. The first kappa shape index (κ1) is 19.6. The van der Waals surface area contributed by atoms with Crippen molar-refractivity contribution in [3.05, 3.63) is 63.6 Å². The molecule has 0 saturated heterocycles. The molecule has 28 heavy (non-hydrogen) atoms. The lowest BCUT2D eigenvalue weighted by Gasteiger charge is -2.25.